The molecule has 0 saturated heterocycles. The summed E-state index contributed by atoms with van der Waals surface area (Å²) in [6.07, 6.45) is 7.40. The highest BCUT2D eigenvalue weighted by Gasteiger charge is 2.10. The minimum absolute atomic E-state index is 0.0892. The van der Waals surface area contributed by atoms with Gasteiger partial charge in [0.1, 0.15) is 5.75 Å². The predicted molar refractivity (Wildman–Crippen MR) is 144 cm³/mol. The van der Waals surface area contributed by atoms with Crippen molar-refractivity contribution in [1.82, 2.24) is 15.6 Å². The first-order valence-electron chi connectivity index (χ1n) is 11.5. The number of aromatic amines is 1. The van der Waals surface area contributed by atoms with Crippen molar-refractivity contribution in [3.05, 3.63) is 105 Å². The van der Waals surface area contributed by atoms with Crippen molar-refractivity contribution in [2.75, 3.05) is 13.1 Å². The van der Waals surface area contributed by atoms with E-state index in [-0.39, 0.29) is 11.7 Å². The molecule has 0 aliphatic rings. The number of H-pyrrole nitrogens is 1. The molecule has 0 spiro atoms. The number of phenols is 1. The monoisotopic (exact) mass is 507 g/mol. The average molecular weight is 508 g/mol. The fourth-order valence-corrected chi connectivity index (χ4v) is 4.51. The number of hydrogen-bond donors (Lipinski definition) is 4. The maximum Gasteiger partial charge on any atom is 0.251 e. The van der Waals surface area contributed by atoms with Crippen LogP contribution < -0.4 is 10.6 Å². The van der Waals surface area contributed by atoms with E-state index in [0.29, 0.717) is 35.1 Å². The van der Waals surface area contributed by atoms with Crippen molar-refractivity contribution in [2.24, 2.45) is 0 Å². The number of carbonyl (C=O) groups is 1. The van der Waals surface area contributed by atoms with Crippen LogP contribution in [0.25, 0.3) is 17.0 Å². The number of amides is 1. The van der Waals surface area contributed by atoms with Crippen LogP contribution in [0.4, 0.5) is 0 Å². The highest BCUT2D eigenvalue weighted by molar-refractivity contribution is 6.34. The largest absolute Gasteiger partial charge is 0.508 e. The van der Waals surface area contributed by atoms with Crippen LogP contribution in [0.1, 0.15) is 33.5 Å². The van der Waals surface area contributed by atoms with Crippen molar-refractivity contribution in [1.29, 1.82) is 0 Å². The van der Waals surface area contributed by atoms with E-state index in [1.54, 1.807) is 18.2 Å². The summed E-state index contributed by atoms with van der Waals surface area (Å²) in [5.41, 5.74) is 4.69. The lowest BCUT2D eigenvalue weighted by molar-refractivity contribution is 0.0953. The van der Waals surface area contributed by atoms with Crippen LogP contribution in [-0.4, -0.2) is 29.1 Å². The van der Waals surface area contributed by atoms with Gasteiger partial charge in [0.05, 0.1) is 0 Å². The van der Waals surface area contributed by atoms with E-state index >= 15 is 0 Å². The summed E-state index contributed by atoms with van der Waals surface area (Å²) < 4.78 is 0. The van der Waals surface area contributed by atoms with Gasteiger partial charge in [0.15, 0.2) is 0 Å². The Morgan fingerprint density at radius 2 is 1.77 bits per heavy atom. The van der Waals surface area contributed by atoms with Gasteiger partial charge in [-0.25, -0.2) is 0 Å². The lowest BCUT2D eigenvalue weighted by atomic mass is 10.1. The molecule has 0 aliphatic carbocycles. The molecule has 0 saturated carbocycles. The van der Waals surface area contributed by atoms with Gasteiger partial charge in [-0.05, 0) is 78.5 Å². The van der Waals surface area contributed by atoms with Crippen molar-refractivity contribution >= 4 is 46.1 Å². The van der Waals surface area contributed by atoms with Crippen LogP contribution in [0.3, 0.4) is 0 Å². The Morgan fingerprint density at radius 1 is 0.971 bits per heavy atom. The number of aromatic hydroxyl groups is 1. The molecule has 4 N–H and O–H groups in total. The molecule has 5 nitrogen and oxygen atoms in total. The first-order chi connectivity index (χ1) is 17.0. The fraction of sp³-hybridized carbons (Fsp3) is 0.179. The normalized spacial score (nSPS) is 11.4. The van der Waals surface area contributed by atoms with Gasteiger partial charge in [-0.2, -0.15) is 0 Å². The Hall–Kier alpha value is -3.25. The lowest BCUT2D eigenvalue weighted by Crippen LogP contribution is -2.26. The lowest BCUT2D eigenvalue weighted by Gasteiger charge is -2.11. The molecule has 35 heavy (non-hydrogen) atoms. The number of halogens is 2. The van der Waals surface area contributed by atoms with E-state index in [2.05, 4.69) is 15.6 Å². The average Bonchev–Trinajstić information content (AvgIpc) is 3.23. The smallest absolute Gasteiger partial charge is 0.251 e. The maximum atomic E-state index is 12.8. The van der Waals surface area contributed by atoms with Crippen LogP contribution in [0, 0.1) is 0 Å². The molecule has 7 heteroatoms. The molecule has 0 aliphatic heterocycles. The van der Waals surface area contributed by atoms with E-state index in [1.165, 1.54) is 0 Å². The second-order valence-corrected chi connectivity index (χ2v) is 9.15. The summed E-state index contributed by atoms with van der Waals surface area (Å²) in [6.45, 7) is 1.86. The standard InChI is InChI=1S/C28H27Cl2N3O2/c29-22-13-19(14-23(30)15-22)5-3-4-11-32-28(35)25-7-2-1-6-20(25)17-31-12-10-21-18-33-27-9-8-24(34)16-26(21)27/h1-3,5-9,13-16,18,31,33-34H,4,10-12,17H2,(H,32,35)/b5-3+. The number of carbonyl (C=O) groups excluding carboxylic acids is 1. The van der Waals surface area contributed by atoms with Gasteiger partial charge in [-0.1, -0.05) is 53.6 Å². The summed E-state index contributed by atoms with van der Waals surface area (Å²) in [5, 5.41) is 18.4. The third-order valence-electron chi connectivity index (χ3n) is 5.69. The zero-order valence-corrected chi connectivity index (χ0v) is 20.7. The Labute approximate surface area is 214 Å². The number of nitrogens with one attached hydrogen (secondary N) is 3. The topological polar surface area (TPSA) is 77.2 Å². The van der Waals surface area contributed by atoms with Crippen molar-refractivity contribution in [2.45, 2.75) is 19.4 Å². The Bertz CT molecular complexity index is 1330. The third kappa shape index (κ3) is 6.89. The molecule has 1 amide bonds. The van der Waals surface area contributed by atoms with Gasteiger partial charge in [0.25, 0.3) is 5.91 Å². The van der Waals surface area contributed by atoms with Crippen LogP contribution in [0.5, 0.6) is 5.75 Å². The van der Waals surface area contributed by atoms with Crippen molar-refractivity contribution in [3.8, 4) is 5.75 Å². The highest BCUT2D eigenvalue weighted by Crippen LogP contribution is 2.23. The van der Waals surface area contributed by atoms with E-state index < -0.39 is 0 Å². The number of hydrogen-bond acceptors (Lipinski definition) is 3. The minimum Gasteiger partial charge on any atom is -0.508 e. The van der Waals surface area contributed by atoms with Gasteiger partial charge in [0, 0.05) is 45.8 Å². The van der Waals surface area contributed by atoms with Crippen molar-refractivity contribution < 1.29 is 9.90 Å². The molecule has 1 heterocycles. The van der Waals surface area contributed by atoms with E-state index in [1.807, 2.05) is 60.8 Å². The first-order valence-corrected chi connectivity index (χ1v) is 12.2. The van der Waals surface area contributed by atoms with Crippen LogP contribution >= 0.6 is 23.2 Å². The first kappa shape index (κ1) is 24.9. The van der Waals surface area contributed by atoms with Crippen molar-refractivity contribution in [3.63, 3.8) is 0 Å². The van der Waals surface area contributed by atoms with Gasteiger partial charge >= 0.3 is 0 Å². The van der Waals surface area contributed by atoms with Gasteiger partial charge < -0.3 is 20.7 Å². The molecular weight excluding hydrogens is 481 g/mol. The molecule has 1 aromatic heterocycles. The van der Waals surface area contributed by atoms with Gasteiger partial charge in [0.2, 0.25) is 0 Å². The molecule has 3 aromatic carbocycles. The second-order valence-electron chi connectivity index (χ2n) is 8.28. The molecule has 0 unspecified atom stereocenters. The quantitative estimate of drug-likeness (QED) is 0.189. The molecule has 180 valence electrons. The van der Waals surface area contributed by atoms with Crippen LogP contribution in [-0.2, 0) is 13.0 Å². The van der Waals surface area contributed by atoms with E-state index in [9.17, 15) is 9.90 Å². The summed E-state index contributed by atoms with van der Waals surface area (Å²) in [4.78, 5) is 16.0. The fourth-order valence-electron chi connectivity index (χ4n) is 3.97. The Morgan fingerprint density at radius 3 is 2.60 bits per heavy atom. The van der Waals surface area contributed by atoms with E-state index in [0.717, 1.165) is 40.6 Å². The molecule has 0 bridgehead atoms. The second kappa shape index (κ2) is 11.9. The number of fused-ring (bicyclic) bond motifs is 1. The summed E-state index contributed by atoms with van der Waals surface area (Å²) in [5.74, 6) is 0.171. The summed E-state index contributed by atoms with van der Waals surface area (Å²) in [6, 6.07) is 18.3. The van der Waals surface area contributed by atoms with E-state index in [4.69, 9.17) is 23.2 Å². The molecule has 4 aromatic rings. The predicted octanol–water partition coefficient (Wildman–Crippen LogP) is 6.35. The number of phenolic OH excluding ortho intramolecular Hbond substituents is 1. The summed E-state index contributed by atoms with van der Waals surface area (Å²) in [7, 11) is 0. The number of benzene rings is 3. The SMILES string of the molecule is O=C(NCC/C=C/c1cc(Cl)cc(Cl)c1)c1ccccc1CNCCc1c[nH]c2ccc(O)cc12. The molecule has 0 fully saturated rings. The number of aromatic nitrogens is 1. The Balaban J connectivity index is 1.25. The number of rotatable bonds is 10. The van der Waals surface area contributed by atoms with Gasteiger partial charge in [-0.3, -0.25) is 4.79 Å². The molecular formula is C28H27Cl2N3O2. The van der Waals surface area contributed by atoms with Gasteiger partial charge in [-0.15, -0.1) is 0 Å². The molecule has 0 radical (unpaired) electrons. The summed E-state index contributed by atoms with van der Waals surface area (Å²) >= 11 is 12.0. The zero-order chi connectivity index (χ0) is 24.6. The zero-order valence-electron chi connectivity index (χ0n) is 19.2. The molecule has 4 rings (SSSR count). The Kier molecular flexibility index (Phi) is 8.48. The maximum absolute atomic E-state index is 12.8. The minimum atomic E-state index is -0.0892. The highest BCUT2D eigenvalue weighted by atomic mass is 35.5. The third-order valence-corrected chi connectivity index (χ3v) is 6.13. The van der Waals surface area contributed by atoms with Crippen LogP contribution in [0.2, 0.25) is 10.0 Å². The molecule has 0 atom stereocenters. The van der Waals surface area contributed by atoms with Crippen LogP contribution in [0.15, 0.2) is 72.9 Å².